The monoisotopic (exact) mass is 428 g/mol. The fourth-order valence-electron chi connectivity index (χ4n) is 2.25. The van der Waals surface area contributed by atoms with Crippen LogP contribution in [-0.4, -0.2) is 38.9 Å². The van der Waals surface area contributed by atoms with E-state index in [1.807, 2.05) is 27.6 Å². The zero-order chi connectivity index (χ0) is 16.5. The summed E-state index contributed by atoms with van der Waals surface area (Å²) in [7, 11) is 1.38. The van der Waals surface area contributed by atoms with Crippen molar-refractivity contribution in [3.8, 4) is 0 Å². The lowest BCUT2D eigenvalue weighted by atomic mass is 10.1. The predicted molar refractivity (Wildman–Crippen MR) is 80.2 cm³/mol. The highest BCUT2D eigenvalue weighted by molar-refractivity contribution is 14.1. The van der Waals surface area contributed by atoms with E-state index < -0.39 is 41.2 Å². The van der Waals surface area contributed by atoms with Gasteiger partial charge in [-0.05, 0) is 0 Å². The molecular formula is C12H14FIN2O6. The molecule has 1 aliphatic heterocycles. The number of esters is 1. The van der Waals surface area contributed by atoms with Crippen LogP contribution in [0.1, 0.15) is 19.6 Å². The maximum absolute atomic E-state index is 13.4. The van der Waals surface area contributed by atoms with Crippen LogP contribution in [0.25, 0.3) is 0 Å². The fraction of sp³-hybridized carbons (Fsp3) is 0.583. The number of hydrogen-bond donors (Lipinski definition) is 1. The first-order valence-electron chi connectivity index (χ1n) is 6.30. The number of rotatable bonds is 4. The molecule has 0 radical (unpaired) electrons. The second-order valence-electron chi connectivity index (χ2n) is 4.70. The third kappa shape index (κ3) is 3.08. The van der Waals surface area contributed by atoms with Gasteiger partial charge in [-0.25, -0.2) is 4.79 Å². The number of ether oxygens (including phenoxy) is 3. The van der Waals surface area contributed by atoms with Crippen LogP contribution < -0.4 is 11.2 Å². The molecule has 1 aromatic heterocycles. The number of alkyl halides is 1. The van der Waals surface area contributed by atoms with E-state index in [1.54, 1.807) is 0 Å². The maximum atomic E-state index is 13.4. The minimum absolute atomic E-state index is 0.0851. The van der Waals surface area contributed by atoms with E-state index in [0.717, 1.165) is 10.8 Å². The molecular weight excluding hydrogens is 414 g/mol. The summed E-state index contributed by atoms with van der Waals surface area (Å²) in [6.07, 6.45) is -0.853. The molecule has 0 aliphatic carbocycles. The zero-order valence-corrected chi connectivity index (χ0v) is 14.0. The number of nitrogens with one attached hydrogen (secondary N) is 1. The summed E-state index contributed by atoms with van der Waals surface area (Å²) in [5.41, 5.74) is -1.93. The molecule has 3 atom stereocenters. The number of carbonyl (C=O) groups is 1. The molecule has 1 aliphatic rings. The Hall–Kier alpha value is -1.27. The van der Waals surface area contributed by atoms with Gasteiger partial charge < -0.3 is 14.2 Å². The van der Waals surface area contributed by atoms with Crippen molar-refractivity contribution in [2.45, 2.75) is 31.5 Å². The first-order chi connectivity index (χ1) is 10.3. The average Bonchev–Trinajstić information content (AvgIpc) is 2.81. The number of aromatic amines is 1. The lowest BCUT2D eigenvalue weighted by Crippen LogP contribution is -2.45. The summed E-state index contributed by atoms with van der Waals surface area (Å²) in [5, 5.41) is 0. The van der Waals surface area contributed by atoms with Crippen LogP contribution in [0.5, 0.6) is 0 Å². The Balaban J connectivity index is 2.39. The Morgan fingerprint density at radius 2 is 2.32 bits per heavy atom. The highest BCUT2D eigenvalue weighted by Crippen LogP contribution is 2.40. The van der Waals surface area contributed by atoms with Crippen LogP contribution in [0.15, 0.2) is 15.8 Å². The Morgan fingerprint density at radius 3 is 2.86 bits per heavy atom. The van der Waals surface area contributed by atoms with Gasteiger partial charge in [0, 0.05) is 20.5 Å². The highest BCUT2D eigenvalue weighted by atomic mass is 127. The summed E-state index contributed by atoms with van der Waals surface area (Å²) >= 11 is 1.99. The van der Waals surface area contributed by atoms with Gasteiger partial charge in [0.15, 0.2) is 6.10 Å². The minimum Gasteiger partial charge on any atom is -0.457 e. The zero-order valence-electron chi connectivity index (χ0n) is 11.8. The first kappa shape index (κ1) is 17.1. The van der Waals surface area contributed by atoms with Crippen molar-refractivity contribution in [2.24, 2.45) is 0 Å². The Kier molecular flexibility index (Phi) is 5.02. The van der Waals surface area contributed by atoms with E-state index in [1.165, 1.54) is 14.0 Å². The van der Waals surface area contributed by atoms with Gasteiger partial charge in [0.2, 0.25) is 11.6 Å². The van der Waals surface area contributed by atoms with Crippen molar-refractivity contribution >= 4 is 28.6 Å². The molecule has 10 heteroatoms. The van der Waals surface area contributed by atoms with Gasteiger partial charge in [-0.15, -0.1) is 0 Å². The maximum Gasteiger partial charge on any atom is 0.330 e. The molecule has 1 N–H and O–H groups in total. The number of carbonyl (C=O) groups excluding carboxylic acids is 1. The largest absolute Gasteiger partial charge is 0.457 e. The topological polar surface area (TPSA) is 99.6 Å². The molecule has 22 heavy (non-hydrogen) atoms. The summed E-state index contributed by atoms with van der Waals surface area (Å²) in [4.78, 5) is 35.9. The third-order valence-corrected chi connectivity index (χ3v) is 4.38. The van der Waals surface area contributed by atoms with Crippen LogP contribution >= 0.6 is 22.6 Å². The summed E-state index contributed by atoms with van der Waals surface area (Å²) in [6, 6.07) is 0. The van der Waals surface area contributed by atoms with Crippen molar-refractivity contribution in [1.29, 1.82) is 0 Å². The van der Waals surface area contributed by atoms with Crippen LogP contribution in [0, 0.1) is 5.82 Å². The van der Waals surface area contributed by atoms with E-state index in [4.69, 9.17) is 14.2 Å². The average molecular weight is 428 g/mol. The summed E-state index contributed by atoms with van der Waals surface area (Å²) in [6.45, 7) is 1.24. The molecule has 3 unspecified atom stereocenters. The normalized spacial score (nSPS) is 27.8. The number of methoxy groups -OCH3 is 1. The number of halogens is 2. The predicted octanol–water partition coefficient (Wildman–Crippen LogP) is 0.304. The van der Waals surface area contributed by atoms with Gasteiger partial charge in [0.1, 0.15) is 6.23 Å². The van der Waals surface area contributed by atoms with Crippen molar-refractivity contribution < 1.29 is 23.4 Å². The van der Waals surface area contributed by atoms with Gasteiger partial charge in [0.05, 0.1) is 10.6 Å². The van der Waals surface area contributed by atoms with Gasteiger partial charge in [0.25, 0.3) is 5.56 Å². The van der Waals surface area contributed by atoms with Crippen molar-refractivity contribution in [3.63, 3.8) is 0 Å². The molecule has 0 saturated carbocycles. The van der Waals surface area contributed by atoms with E-state index >= 15 is 0 Å². The molecule has 122 valence electrons. The fourth-order valence-corrected chi connectivity index (χ4v) is 3.23. The summed E-state index contributed by atoms with van der Waals surface area (Å²) in [5.74, 6) is -2.89. The molecule has 1 aromatic rings. The second kappa shape index (κ2) is 6.46. The van der Waals surface area contributed by atoms with Crippen LogP contribution in [-0.2, 0) is 19.0 Å². The van der Waals surface area contributed by atoms with Crippen LogP contribution in [0.4, 0.5) is 4.39 Å². The standard InChI is InChI=1S/C12H14FIN2O6/c1-6(17)21-8-3-9(22-12(8,5-14)20-2)16-4-7(13)10(18)15-11(16)19/h4,8-9H,3,5H2,1-2H3,(H,15,18,19). The Morgan fingerprint density at radius 1 is 1.64 bits per heavy atom. The first-order valence-corrected chi connectivity index (χ1v) is 7.82. The van der Waals surface area contributed by atoms with Gasteiger partial charge in [-0.1, -0.05) is 22.6 Å². The van der Waals surface area contributed by atoms with Crippen LogP contribution in [0.3, 0.4) is 0 Å². The molecule has 2 rings (SSSR count). The number of hydrogen-bond acceptors (Lipinski definition) is 6. The second-order valence-corrected chi connectivity index (χ2v) is 5.46. The molecule has 0 spiro atoms. The van der Waals surface area contributed by atoms with E-state index in [9.17, 15) is 18.8 Å². The van der Waals surface area contributed by atoms with Gasteiger partial charge in [-0.2, -0.15) is 4.39 Å². The molecule has 8 nitrogen and oxygen atoms in total. The van der Waals surface area contributed by atoms with E-state index in [-0.39, 0.29) is 6.42 Å². The minimum atomic E-state index is -1.25. The van der Waals surface area contributed by atoms with E-state index in [0.29, 0.717) is 4.43 Å². The molecule has 0 bridgehead atoms. The van der Waals surface area contributed by atoms with Crippen LogP contribution in [0.2, 0.25) is 0 Å². The molecule has 1 fully saturated rings. The van der Waals surface area contributed by atoms with Gasteiger partial charge in [-0.3, -0.25) is 19.1 Å². The van der Waals surface area contributed by atoms with Gasteiger partial charge >= 0.3 is 11.7 Å². The van der Waals surface area contributed by atoms with E-state index in [2.05, 4.69) is 0 Å². The summed E-state index contributed by atoms with van der Waals surface area (Å²) < 4.78 is 30.8. The highest BCUT2D eigenvalue weighted by Gasteiger charge is 2.52. The lowest BCUT2D eigenvalue weighted by Gasteiger charge is -2.30. The smallest absolute Gasteiger partial charge is 0.330 e. The Labute approximate surface area is 137 Å². The van der Waals surface area contributed by atoms with Crippen molar-refractivity contribution in [3.05, 3.63) is 32.9 Å². The Bertz CT molecular complexity index is 683. The lowest BCUT2D eigenvalue weighted by molar-refractivity contribution is -0.242. The molecule has 0 amide bonds. The number of aromatic nitrogens is 2. The third-order valence-electron chi connectivity index (χ3n) is 3.32. The molecule has 2 heterocycles. The van der Waals surface area contributed by atoms with Crippen molar-refractivity contribution in [1.82, 2.24) is 9.55 Å². The van der Waals surface area contributed by atoms with Crippen molar-refractivity contribution in [2.75, 3.05) is 11.5 Å². The molecule has 0 aromatic carbocycles. The SMILES string of the molecule is COC1(CI)OC(n2cc(F)c(=O)[nH]c2=O)CC1OC(C)=O. The quantitative estimate of drug-likeness (QED) is 0.421. The molecule has 1 saturated heterocycles. The number of nitrogens with zero attached hydrogens (tertiary/aromatic N) is 1. The number of H-pyrrole nitrogens is 1.